The number of piperazine rings is 1. The molecule has 1 atom stereocenters. The zero-order valence-corrected chi connectivity index (χ0v) is 16.9. The van der Waals surface area contributed by atoms with Crippen molar-refractivity contribution in [2.75, 3.05) is 38.2 Å². The predicted molar refractivity (Wildman–Crippen MR) is 110 cm³/mol. The molecular weight excluding hydrogens is 368 g/mol. The number of aromatic nitrogens is 1. The Morgan fingerprint density at radius 2 is 2.00 bits per heavy atom. The minimum Gasteiger partial charge on any atom is -0.497 e. The summed E-state index contributed by atoms with van der Waals surface area (Å²) in [6, 6.07) is 11.8. The SMILES string of the molecule is COc1ccc(CN2CC[C@]3(C2)CN(c2cccnc2)C(=O)CN3C(C)=O)cc1. The first-order valence-electron chi connectivity index (χ1n) is 9.85. The van der Waals surface area contributed by atoms with Crippen molar-refractivity contribution in [3.63, 3.8) is 0 Å². The topological polar surface area (TPSA) is 66.0 Å². The number of carbonyl (C=O) groups excluding carboxylic acids is 2. The predicted octanol–water partition coefficient (Wildman–Crippen LogP) is 1.93. The van der Waals surface area contributed by atoms with E-state index >= 15 is 0 Å². The van der Waals surface area contributed by atoms with Crippen molar-refractivity contribution in [3.05, 3.63) is 54.4 Å². The van der Waals surface area contributed by atoms with Gasteiger partial charge in [0.15, 0.2) is 0 Å². The fourth-order valence-corrected chi connectivity index (χ4v) is 4.46. The summed E-state index contributed by atoms with van der Waals surface area (Å²) in [6.07, 6.45) is 4.24. The summed E-state index contributed by atoms with van der Waals surface area (Å²) < 4.78 is 5.23. The van der Waals surface area contributed by atoms with E-state index in [-0.39, 0.29) is 23.9 Å². The molecule has 7 heteroatoms. The van der Waals surface area contributed by atoms with Crippen LogP contribution < -0.4 is 9.64 Å². The van der Waals surface area contributed by atoms with Gasteiger partial charge in [-0.1, -0.05) is 12.1 Å². The van der Waals surface area contributed by atoms with Crippen molar-refractivity contribution in [2.24, 2.45) is 0 Å². The van der Waals surface area contributed by atoms with E-state index in [0.29, 0.717) is 6.54 Å². The molecule has 2 aliphatic heterocycles. The molecule has 2 fully saturated rings. The molecule has 0 radical (unpaired) electrons. The number of methoxy groups -OCH3 is 1. The number of pyridine rings is 1. The van der Waals surface area contributed by atoms with Gasteiger partial charge in [-0.3, -0.25) is 19.5 Å². The maximum Gasteiger partial charge on any atom is 0.246 e. The normalized spacial score (nSPS) is 22.3. The fourth-order valence-electron chi connectivity index (χ4n) is 4.46. The van der Waals surface area contributed by atoms with Crippen LogP contribution in [-0.2, 0) is 16.1 Å². The molecule has 0 saturated carbocycles. The van der Waals surface area contributed by atoms with Gasteiger partial charge in [0.1, 0.15) is 12.3 Å². The molecule has 4 rings (SSSR count). The van der Waals surface area contributed by atoms with E-state index in [1.165, 1.54) is 5.56 Å². The molecule has 7 nitrogen and oxygen atoms in total. The molecule has 2 aromatic rings. The van der Waals surface area contributed by atoms with Crippen LogP contribution >= 0.6 is 0 Å². The van der Waals surface area contributed by atoms with Gasteiger partial charge in [-0.2, -0.15) is 0 Å². The van der Waals surface area contributed by atoms with Gasteiger partial charge < -0.3 is 14.5 Å². The van der Waals surface area contributed by atoms with Crippen molar-refractivity contribution in [2.45, 2.75) is 25.4 Å². The second kappa shape index (κ2) is 7.83. The van der Waals surface area contributed by atoms with Crippen molar-refractivity contribution in [3.8, 4) is 5.75 Å². The van der Waals surface area contributed by atoms with Crippen LogP contribution in [0.15, 0.2) is 48.8 Å². The number of ether oxygens (including phenoxy) is 1. The summed E-state index contributed by atoms with van der Waals surface area (Å²) in [5, 5.41) is 0. The molecular formula is C22H26N4O3. The Kier molecular flexibility index (Phi) is 5.24. The number of benzene rings is 1. The average Bonchev–Trinajstić information content (AvgIpc) is 3.13. The number of nitrogens with zero attached hydrogens (tertiary/aromatic N) is 4. The lowest BCUT2D eigenvalue weighted by Crippen LogP contribution is -2.66. The minimum atomic E-state index is -0.373. The van der Waals surface area contributed by atoms with Crippen molar-refractivity contribution >= 4 is 17.5 Å². The Balaban J connectivity index is 1.54. The highest BCUT2D eigenvalue weighted by Crippen LogP contribution is 2.35. The standard InChI is InChI=1S/C22H26N4O3/c1-17(27)26-14-21(28)25(19-4-3-10-23-12-19)16-22(26)9-11-24(15-22)13-18-5-7-20(29-2)8-6-18/h3-8,10,12H,9,11,13-16H2,1-2H3/t22-/m0/s1. The molecule has 152 valence electrons. The van der Waals surface area contributed by atoms with Crippen LogP contribution in [0, 0.1) is 0 Å². The van der Waals surface area contributed by atoms with Crippen LogP contribution in [0.4, 0.5) is 5.69 Å². The first-order chi connectivity index (χ1) is 14.0. The molecule has 3 heterocycles. The van der Waals surface area contributed by atoms with Gasteiger partial charge >= 0.3 is 0 Å². The van der Waals surface area contributed by atoms with Gasteiger partial charge in [0.2, 0.25) is 11.8 Å². The average molecular weight is 394 g/mol. The van der Waals surface area contributed by atoms with Crippen molar-refractivity contribution < 1.29 is 14.3 Å². The molecule has 1 spiro atoms. The summed E-state index contributed by atoms with van der Waals surface area (Å²) >= 11 is 0. The lowest BCUT2D eigenvalue weighted by Gasteiger charge is -2.48. The summed E-state index contributed by atoms with van der Waals surface area (Å²) in [5.41, 5.74) is 1.61. The summed E-state index contributed by atoms with van der Waals surface area (Å²) in [4.78, 5) is 35.2. The van der Waals surface area contributed by atoms with Gasteiger partial charge in [-0.05, 0) is 36.2 Å². The zero-order valence-electron chi connectivity index (χ0n) is 16.9. The monoisotopic (exact) mass is 394 g/mol. The van der Waals surface area contributed by atoms with Crippen molar-refractivity contribution in [1.82, 2.24) is 14.8 Å². The van der Waals surface area contributed by atoms with E-state index in [9.17, 15) is 9.59 Å². The maximum absolute atomic E-state index is 12.8. The highest BCUT2D eigenvalue weighted by Gasteiger charge is 2.50. The second-order valence-electron chi connectivity index (χ2n) is 7.83. The van der Waals surface area contributed by atoms with E-state index in [2.05, 4.69) is 22.0 Å². The number of rotatable bonds is 4. The van der Waals surface area contributed by atoms with Crippen LogP contribution in [0.25, 0.3) is 0 Å². The summed E-state index contributed by atoms with van der Waals surface area (Å²) in [7, 11) is 1.66. The van der Waals surface area contributed by atoms with E-state index in [1.807, 2.05) is 24.3 Å². The van der Waals surface area contributed by atoms with Crippen LogP contribution in [0.3, 0.4) is 0 Å². The van der Waals surface area contributed by atoms with Gasteiger partial charge in [0.05, 0.1) is 31.1 Å². The Morgan fingerprint density at radius 1 is 1.21 bits per heavy atom. The lowest BCUT2D eigenvalue weighted by atomic mass is 9.91. The first-order valence-corrected chi connectivity index (χ1v) is 9.85. The van der Waals surface area contributed by atoms with E-state index in [0.717, 1.165) is 37.5 Å². The Bertz CT molecular complexity index is 887. The highest BCUT2D eigenvalue weighted by atomic mass is 16.5. The van der Waals surface area contributed by atoms with Crippen LogP contribution in [-0.4, -0.2) is 65.4 Å². The molecule has 29 heavy (non-hydrogen) atoms. The summed E-state index contributed by atoms with van der Waals surface area (Å²) in [5.74, 6) is 0.732. The largest absolute Gasteiger partial charge is 0.497 e. The van der Waals surface area contributed by atoms with Crippen LogP contribution in [0.5, 0.6) is 5.75 Å². The second-order valence-corrected chi connectivity index (χ2v) is 7.83. The molecule has 2 aliphatic rings. The molecule has 1 aromatic carbocycles. The third-order valence-corrected chi connectivity index (χ3v) is 5.93. The summed E-state index contributed by atoms with van der Waals surface area (Å²) in [6.45, 7) is 4.59. The highest BCUT2D eigenvalue weighted by molar-refractivity contribution is 5.98. The zero-order chi connectivity index (χ0) is 20.4. The fraction of sp³-hybridized carbons (Fsp3) is 0.409. The molecule has 0 aliphatic carbocycles. The van der Waals surface area contributed by atoms with E-state index < -0.39 is 0 Å². The quantitative estimate of drug-likeness (QED) is 0.793. The van der Waals surface area contributed by atoms with Gasteiger partial charge in [-0.25, -0.2) is 0 Å². The van der Waals surface area contributed by atoms with Gasteiger partial charge in [-0.15, -0.1) is 0 Å². The van der Waals surface area contributed by atoms with E-state index in [4.69, 9.17) is 4.74 Å². The molecule has 0 bridgehead atoms. The number of amides is 2. The van der Waals surface area contributed by atoms with Crippen LogP contribution in [0.1, 0.15) is 18.9 Å². The number of anilines is 1. The van der Waals surface area contributed by atoms with E-state index in [1.54, 1.807) is 36.2 Å². The number of carbonyl (C=O) groups is 2. The molecule has 2 saturated heterocycles. The Labute approximate surface area is 170 Å². The first kappa shape index (κ1) is 19.4. The lowest BCUT2D eigenvalue weighted by molar-refractivity contribution is -0.142. The van der Waals surface area contributed by atoms with Crippen molar-refractivity contribution in [1.29, 1.82) is 0 Å². The maximum atomic E-state index is 12.8. The molecule has 0 N–H and O–H groups in total. The van der Waals surface area contributed by atoms with Gasteiger partial charge in [0.25, 0.3) is 0 Å². The third kappa shape index (κ3) is 3.82. The third-order valence-electron chi connectivity index (χ3n) is 5.93. The van der Waals surface area contributed by atoms with Gasteiger partial charge in [0, 0.05) is 32.8 Å². The van der Waals surface area contributed by atoms with Crippen LogP contribution in [0.2, 0.25) is 0 Å². The number of likely N-dealkylation sites (tertiary alicyclic amines) is 1. The molecule has 1 aromatic heterocycles. The Hall–Kier alpha value is -2.93. The number of hydrogen-bond acceptors (Lipinski definition) is 5. The minimum absolute atomic E-state index is 0.0458. The molecule has 0 unspecified atom stereocenters. The smallest absolute Gasteiger partial charge is 0.246 e. The number of hydrogen-bond donors (Lipinski definition) is 0. The Morgan fingerprint density at radius 3 is 2.66 bits per heavy atom. The molecule has 2 amide bonds.